The molecule has 17 heteroatoms. The molecule has 0 aliphatic carbocycles. The van der Waals surface area contributed by atoms with Crippen molar-refractivity contribution in [1.29, 1.82) is 0 Å². The molecule has 0 spiro atoms. The molecule has 0 unspecified atom stereocenters. The number of aromatic nitrogens is 4. The number of imidazole rings is 1. The quantitative estimate of drug-likeness (QED) is 0.0910. The summed E-state index contributed by atoms with van der Waals surface area (Å²) in [7, 11) is -4.20. The third-order valence-corrected chi connectivity index (χ3v) is 13.8. The highest BCUT2D eigenvalue weighted by atomic mass is 32.2. The predicted molar refractivity (Wildman–Crippen MR) is 223 cm³/mol. The van der Waals surface area contributed by atoms with Gasteiger partial charge >= 0.3 is 0 Å². The summed E-state index contributed by atoms with van der Waals surface area (Å²) in [6, 6.07) is 22.8. The van der Waals surface area contributed by atoms with Gasteiger partial charge in [0, 0.05) is 66.6 Å². The van der Waals surface area contributed by atoms with Gasteiger partial charge in [-0.2, -0.15) is 5.10 Å². The minimum absolute atomic E-state index is 0.0126. The van der Waals surface area contributed by atoms with E-state index >= 15 is 4.39 Å². The van der Waals surface area contributed by atoms with E-state index in [2.05, 4.69) is 30.6 Å². The zero-order valence-electron chi connectivity index (χ0n) is 31.4. The maximum absolute atomic E-state index is 15.6. The van der Waals surface area contributed by atoms with Crippen LogP contribution in [0.1, 0.15) is 38.4 Å². The molecule has 3 aromatic carbocycles. The van der Waals surface area contributed by atoms with Crippen molar-refractivity contribution in [3.05, 3.63) is 125 Å². The maximum Gasteiger partial charge on any atom is 0.257 e. The standard InChI is InChI=1S/C41H41FN8O5S3/c42-34-22-31(11-12-35(34)44-29(14-16-48-18-20-55-21-19-48)25-56-30-7-2-1-3-8-30)58(53,54)27-37(51)36-26-57-41(45-36)49-17-13-28-6-4-9-32(33(28)23-49)40(52)47-38-24-50-39(46-38)10-5-15-43-50/h1-12,15,22,24,26,29,44H,13-14,16-21,23,25,27H2,(H,47,52)/t29-/m1/s1. The number of morpholine rings is 1. The molecule has 5 heterocycles. The molecule has 1 saturated heterocycles. The number of amides is 1. The molecule has 2 aliphatic rings. The van der Waals surface area contributed by atoms with Crippen LogP contribution in [-0.2, 0) is 27.5 Å². The molecule has 0 radical (unpaired) electrons. The van der Waals surface area contributed by atoms with Crippen LogP contribution >= 0.6 is 23.1 Å². The molecule has 300 valence electrons. The normalized spacial score (nSPS) is 15.2. The van der Waals surface area contributed by atoms with Crippen molar-refractivity contribution >= 4 is 66.9 Å². The Bertz CT molecular complexity index is 2490. The molecule has 6 aromatic rings. The van der Waals surface area contributed by atoms with E-state index in [9.17, 15) is 18.0 Å². The van der Waals surface area contributed by atoms with Gasteiger partial charge < -0.3 is 20.3 Å². The average Bonchev–Trinajstić information content (AvgIpc) is 3.90. The van der Waals surface area contributed by atoms with Crippen LogP contribution in [0, 0.1) is 5.82 Å². The van der Waals surface area contributed by atoms with Gasteiger partial charge in [-0.1, -0.05) is 30.3 Å². The van der Waals surface area contributed by atoms with Gasteiger partial charge in [-0.3, -0.25) is 14.5 Å². The highest BCUT2D eigenvalue weighted by Gasteiger charge is 2.28. The van der Waals surface area contributed by atoms with Gasteiger partial charge in [0.2, 0.25) is 0 Å². The van der Waals surface area contributed by atoms with Crippen LogP contribution in [0.5, 0.6) is 0 Å². The van der Waals surface area contributed by atoms with E-state index < -0.39 is 27.2 Å². The SMILES string of the molecule is O=C(CS(=O)(=O)c1ccc(N[C@H](CCN2CCOCC2)CSc2ccccc2)c(F)c1)c1csc(N2CCc3cccc(C(=O)Nc4cn5ncccc5n4)c3C2)n1. The summed E-state index contributed by atoms with van der Waals surface area (Å²) in [6.07, 6.45) is 4.67. The number of thiazole rings is 1. The van der Waals surface area contributed by atoms with E-state index in [1.165, 1.54) is 28.8 Å². The lowest BCUT2D eigenvalue weighted by Gasteiger charge is -2.29. The molecule has 8 rings (SSSR count). The van der Waals surface area contributed by atoms with Crippen molar-refractivity contribution in [1.82, 2.24) is 24.5 Å². The van der Waals surface area contributed by atoms with Crippen molar-refractivity contribution < 1.29 is 27.1 Å². The zero-order valence-corrected chi connectivity index (χ0v) is 33.9. The number of sulfone groups is 1. The van der Waals surface area contributed by atoms with Crippen molar-refractivity contribution in [2.24, 2.45) is 0 Å². The Balaban J connectivity index is 0.906. The summed E-state index contributed by atoms with van der Waals surface area (Å²) in [5.41, 5.74) is 3.17. The van der Waals surface area contributed by atoms with E-state index in [1.807, 2.05) is 47.4 Å². The highest BCUT2D eigenvalue weighted by Crippen LogP contribution is 2.31. The van der Waals surface area contributed by atoms with Gasteiger partial charge in [0.15, 0.2) is 32.2 Å². The van der Waals surface area contributed by atoms with Gasteiger partial charge in [-0.05, 0) is 72.5 Å². The maximum atomic E-state index is 15.6. The summed E-state index contributed by atoms with van der Waals surface area (Å²) >= 11 is 2.90. The number of nitrogens with zero attached hydrogens (tertiary/aromatic N) is 6. The van der Waals surface area contributed by atoms with Crippen molar-refractivity contribution in [3.63, 3.8) is 0 Å². The number of ketones is 1. The van der Waals surface area contributed by atoms with Crippen LogP contribution in [-0.4, -0.2) is 102 Å². The van der Waals surface area contributed by atoms with Crippen molar-refractivity contribution in [2.75, 3.05) is 66.4 Å². The third kappa shape index (κ3) is 9.40. The first-order valence-electron chi connectivity index (χ1n) is 18.9. The number of hydrogen-bond donors (Lipinski definition) is 2. The minimum Gasteiger partial charge on any atom is -0.379 e. The smallest absolute Gasteiger partial charge is 0.257 e. The minimum atomic E-state index is -4.20. The molecule has 2 aliphatic heterocycles. The lowest BCUT2D eigenvalue weighted by molar-refractivity contribution is 0.0370. The number of hydrogen-bond acceptors (Lipinski definition) is 13. The Morgan fingerprint density at radius 3 is 2.64 bits per heavy atom. The molecular weight excluding hydrogens is 800 g/mol. The zero-order chi connectivity index (χ0) is 40.1. The molecule has 0 bridgehead atoms. The Hall–Kier alpha value is -5.20. The monoisotopic (exact) mass is 840 g/mol. The van der Waals surface area contributed by atoms with Gasteiger partial charge in [0.25, 0.3) is 5.91 Å². The van der Waals surface area contributed by atoms with Crippen LogP contribution in [0.2, 0.25) is 0 Å². The fourth-order valence-electron chi connectivity index (χ4n) is 7.00. The Labute approximate surface area is 343 Å². The van der Waals surface area contributed by atoms with Crippen LogP contribution < -0.4 is 15.5 Å². The first kappa shape index (κ1) is 39.6. The number of benzene rings is 3. The van der Waals surface area contributed by atoms with Gasteiger partial charge in [0.1, 0.15) is 17.3 Å². The largest absolute Gasteiger partial charge is 0.379 e. The molecule has 1 atom stereocenters. The second-order valence-corrected chi connectivity index (χ2v) is 18.0. The van der Waals surface area contributed by atoms with Crippen LogP contribution in [0.15, 0.2) is 106 Å². The number of halogens is 1. The van der Waals surface area contributed by atoms with E-state index in [4.69, 9.17) is 4.74 Å². The second kappa shape index (κ2) is 17.7. The summed E-state index contributed by atoms with van der Waals surface area (Å²) < 4.78 is 49.6. The third-order valence-electron chi connectivity index (χ3n) is 10.1. The van der Waals surface area contributed by atoms with Gasteiger partial charge in [-0.15, -0.1) is 23.1 Å². The Morgan fingerprint density at radius 1 is 0.983 bits per heavy atom. The number of fused-ring (bicyclic) bond motifs is 2. The summed E-state index contributed by atoms with van der Waals surface area (Å²) in [6.45, 7) is 4.84. The predicted octanol–water partition coefficient (Wildman–Crippen LogP) is 6.09. The number of carbonyl (C=O) groups excluding carboxylic acids is 2. The number of carbonyl (C=O) groups is 2. The van der Waals surface area contributed by atoms with Crippen molar-refractivity contribution in [2.45, 2.75) is 35.2 Å². The van der Waals surface area contributed by atoms with Crippen LogP contribution in [0.4, 0.5) is 21.0 Å². The topological polar surface area (TPSA) is 151 Å². The van der Waals surface area contributed by atoms with Gasteiger partial charge in [-0.25, -0.2) is 27.3 Å². The number of nitrogens with one attached hydrogen (secondary N) is 2. The molecular formula is C41H41FN8O5S3. The number of thioether (sulfide) groups is 1. The Morgan fingerprint density at radius 2 is 1.83 bits per heavy atom. The first-order chi connectivity index (χ1) is 28.2. The fourth-order valence-corrected chi connectivity index (χ4v) is 10.1. The van der Waals surface area contributed by atoms with Crippen LogP contribution in [0.3, 0.4) is 0 Å². The Kier molecular flexibility index (Phi) is 12.1. The summed E-state index contributed by atoms with van der Waals surface area (Å²) in [4.78, 5) is 40.9. The fraction of sp³-hybridized carbons (Fsp3) is 0.293. The highest BCUT2D eigenvalue weighted by molar-refractivity contribution is 7.99. The molecule has 0 saturated carbocycles. The number of rotatable bonds is 15. The van der Waals surface area contributed by atoms with Gasteiger partial charge in [0.05, 0.1) is 30.0 Å². The van der Waals surface area contributed by atoms with Crippen molar-refractivity contribution in [3.8, 4) is 0 Å². The molecule has 58 heavy (non-hydrogen) atoms. The lowest BCUT2D eigenvalue weighted by Crippen LogP contribution is -2.39. The summed E-state index contributed by atoms with van der Waals surface area (Å²) in [5.74, 6) is -1.51. The first-order valence-corrected chi connectivity index (χ1v) is 22.4. The molecule has 1 amide bonds. The van der Waals surface area contributed by atoms with Crippen LogP contribution in [0.25, 0.3) is 5.65 Å². The average molecular weight is 841 g/mol. The molecule has 3 aromatic heterocycles. The van der Waals surface area contributed by atoms with E-state index in [0.717, 1.165) is 48.1 Å². The van der Waals surface area contributed by atoms with E-state index in [1.54, 1.807) is 46.9 Å². The second-order valence-electron chi connectivity index (χ2n) is 14.1. The molecule has 13 nitrogen and oxygen atoms in total. The molecule has 1 fully saturated rings. The van der Waals surface area contributed by atoms with E-state index in [0.29, 0.717) is 60.6 Å². The summed E-state index contributed by atoms with van der Waals surface area (Å²) in [5, 5.41) is 12.5. The van der Waals surface area contributed by atoms with E-state index in [-0.39, 0.29) is 28.2 Å². The number of ether oxygens (including phenoxy) is 1. The molecule has 2 N–H and O–H groups in total. The number of Topliss-reactive ketones (excluding diaryl/α,β-unsaturated/α-hetero) is 1. The number of anilines is 3. The lowest BCUT2D eigenvalue weighted by atomic mass is 9.94.